The van der Waals surface area contributed by atoms with Crippen molar-refractivity contribution in [3.63, 3.8) is 0 Å². The average molecular weight is 404 g/mol. The number of nitrogens with one attached hydrogen (secondary N) is 1. The number of hydrogen-bond acceptors (Lipinski definition) is 5. The van der Waals surface area contributed by atoms with Crippen molar-refractivity contribution in [2.24, 2.45) is 0 Å². The van der Waals surface area contributed by atoms with Gasteiger partial charge in [0.25, 0.3) is 5.91 Å². The number of carbonyl (C=O) groups is 2. The van der Waals surface area contributed by atoms with E-state index in [-0.39, 0.29) is 24.4 Å². The minimum atomic E-state index is -0.315. The molecule has 0 bridgehead atoms. The highest BCUT2D eigenvalue weighted by atomic mass is 16.2. The maximum absolute atomic E-state index is 13.1. The molecule has 0 spiro atoms. The predicted octanol–water partition coefficient (Wildman–Crippen LogP) is 2.05. The summed E-state index contributed by atoms with van der Waals surface area (Å²) in [4.78, 5) is 33.5. The van der Waals surface area contributed by atoms with Crippen LogP contribution < -0.4 is 5.32 Å². The molecule has 1 unspecified atom stereocenters. The summed E-state index contributed by atoms with van der Waals surface area (Å²) >= 11 is 0. The summed E-state index contributed by atoms with van der Waals surface area (Å²) < 4.78 is 1.55. The van der Waals surface area contributed by atoms with E-state index in [0.717, 1.165) is 18.7 Å². The van der Waals surface area contributed by atoms with Crippen LogP contribution in [0.5, 0.6) is 0 Å². The summed E-state index contributed by atoms with van der Waals surface area (Å²) in [6.45, 7) is 2.41. The Kier molecular flexibility index (Phi) is 5.85. The number of pyridine rings is 1. The molecule has 0 saturated carbocycles. The van der Waals surface area contributed by atoms with Crippen LogP contribution in [-0.4, -0.2) is 63.1 Å². The van der Waals surface area contributed by atoms with E-state index in [4.69, 9.17) is 0 Å². The number of anilines is 1. The topological polar surface area (TPSA) is 83.4 Å². The third kappa shape index (κ3) is 4.55. The average Bonchev–Trinajstić information content (AvgIpc) is 3.21. The number of benzene rings is 1. The van der Waals surface area contributed by atoms with E-state index >= 15 is 0 Å². The SMILES string of the molecule is CN1CCN(C(=O)Cn2cc(NC(=O)c3ccccn3)cn2)C(c2ccccc2)C1. The van der Waals surface area contributed by atoms with E-state index in [0.29, 0.717) is 17.9 Å². The first-order valence-electron chi connectivity index (χ1n) is 9.88. The van der Waals surface area contributed by atoms with Crippen LogP contribution in [0.3, 0.4) is 0 Å². The first-order valence-corrected chi connectivity index (χ1v) is 9.88. The summed E-state index contributed by atoms with van der Waals surface area (Å²) in [6, 6.07) is 15.2. The Labute approximate surface area is 175 Å². The van der Waals surface area contributed by atoms with Gasteiger partial charge in [-0.1, -0.05) is 36.4 Å². The smallest absolute Gasteiger partial charge is 0.274 e. The molecule has 3 aromatic rings. The Bertz CT molecular complexity index is 1000. The second-order valence-electron chi connectivity index (χ2n) is 7.37. The molecule has 2 amide bonds. The fourth-order valence-electron chi connectivity index (χ4n) is 3.61. The molecule has 4 rings (SSSR count). The molecule has 2 aromatic heterocycles. The molecule has 1 N–H and O–H groups in total. The monoisotopic (exact) mass is 404 g/mol. The number of hydrogen-bond donors (Lipinski definition) is 1. The molecular weight excluding hydrogens is 380 g/mol. The quantitative estimate of drug-likeness (QED) is 0.704. The maximum atomic E-state index is 13.1. The largest absolute Gasteiger partial charge is 0.331 e. The molecule has 1 saturated heterocycles. The summed E-state index contributed by atoms with van der Waals surface area (Å²) in [6.07, 6.45) is 4.76. The lowest BCUT2D eigenvalue weighted by Crippen LogP contribution is -2.50. The van der Waals surface area contributed by atoms with Crippen LogP contribution in [0.4, 0.5) is 5.69 Å². The van der Waals surface area contributed by atoms with Gasteiger partial charge in [-0.25, -0.2) is 0 Å². The lowest BCUT2D eigenvalue weighted by atomic mass is 10.0. The minimum Gasteiger partial charge on any atom is -0.331 e. The molecule has 1 atom stereocenters. The van der Waals surface area contributed by atoms with Crippen molar-refractivity contribution in [2.75, 3.05) is 32.0 Å². The van der Waals surface area contributed by atoms with Crippen LogP contribution in [0, 0.1) is 0 Å². The van der Waals surface area contributed by atoms with E-state index in [1.54, 1.807) is 35.3 Å². The van der Waals surface area contributed by atoms with Gasteiger partial charge >= 0.3 is 0 Å². The number of amides is 2. The van der Waals surface area contributed by atoms with Crippen molar-refractivity contribution in [3.8, 4) is 0 Å². The minimum absolute atomic E-state index is 0.00246. The molecule has 1 aromatic carbocycles. The highest BCUT2D eigenvalue weighted by Gasteiger charge is 2.30. The Hall–Kier alpha value is -3.52. The lowest BCUT2D eigenvalue weighted by Gasteiger charge is -2.40. The number of likely N-dealkylation sites (N-methyl/N-ethyl adjacent to an activating group) is 1. The standard InChI is InChI=1S/C22H24N6O2/c1-26-11-12-28(20(15-26)17-7-3-2-4-8-17)21(29)16-27-14-18(13-24-27)25-22(30)19-9-5-6-10-23-19/h2-10,13-14,20H,11-12,15-16H2,1H3,(H,25,30). The summed E-state index contributed by atoms with van der Waals surface area (Å²) in [5.74, 6) is -0.313. The van der Waals surface area contributed by atoms with E-state index in [1.165, 1.54) is 6.20 Å². The third-order valence-corrected chi connectivity index (χ3v) is 5.17. The molecule has 8 nitrogen and oxygen atoms in total. The van der Waals surface area contributed by atoms with Gasteiger partial charge in [-0.2, -0.15) is 5.10 Å². The second kappa shape index (κ2) is 8.87. The molecule has 1 fully saturated rings. The Morgan fingerprint density at radius 3 is 2.67 bits per heavy atom. The van der Waals surface area contributed by atoms with Gasteiger partial charge in [-0.05, 0) is 24.7 Å². The zero-order valence-corrected chi connectivity index (χ0v) is 16.8. The zero-order valence-electron chi connectivity index (χ0n) is 16.8. The summed E-state index contributed by atoms with van der Waals surface area (Å²) in [7, 11) is 2.07. The van der Waals surface area contributed by atoms with Crippen LogP contribution in [0.1, 0.15) is 22.1 Å². The molecule has 1 aliphatic heterocycles. The van der Waals surface area contributed by atoms with Crippen LogP contribution >= 0.6 is 0 Å². The van der Waals surface area contributed by atoms with Crippen LogP contribution in [-0.2, 0) is 11.3 Å². The molecule has 0 radical (unpaired) electrons. The van der Waals surface area contributed by atoms with Crippen LogP contribution in [0.25, 0.3) is 0 Å². The number of carbonyl (C=O) groups excluding carboxylic acids is 2. The molecule has 0 aliphatic carbocycles. The molecule has 8 heteroatoms. The Balaban J connectivity index is 1.42. The molecule has 154 valence electrons. The van der Waals surface area contributed by atoms with Gasteiger partial charge in [0.1, 0.15) is 12.2 Å². The van der Waals surface area contributed by atoms with Crippen molar-refractivity contribution in [2.45, 2.75) is 12.6 Å². The van der Waals surface area contributed by atoms with Gasteiger partial charge in [-0.3, -0.25) is 19.3 Å². The Morgan fingerprint density at radius 2 is 1.90 bits per heavy atom. The Morgan fingerprint density at radius 1 is 1.10 bits per heavy atom. The highest BCUT2D eigenvalue weighted by molar-refractivity contribution is 6.02. The molecule has 3 heterocycles. The number of nitrogens with zero attached hydrogens (tertiary/aromatic N) is 5. The van der Waals surface area contributed by atoms with Gasteiger partial charge in [-0.15, -0.1) is 0 Å². The van der Waals surface area contributed by atoms with Gasteiger partial charge in [0.05, 0.1) is 17.9 Å². The van der Waals surface area contributed by atoms with E-state index < -0.39 is 0 Å². The van der Waals surface area contributed by atoms with Crippen LogP contribution in [0.2, 0.25) is 0 Å². The molecule has 1 aliphatic rings. The number of aromatic nitrogens is 3. The maximum Gasteiger partial charge on any atom is 0.274 e. The van der Waals surface area contributed by atoms with Crippen molar-refractivity contribution >= 4 is 17.5 Å². The van der Waals surface area contributed by atoms with Crippen LogP contribution in [0.15, 0.2) is 67.1 Å². The van der Waals surface area contributed by atoms with Crippen molar-refractivity contribution < 1.29 is 9.59 Å². The first kappa shape index (κ1) is 19.8. The lowest BCUT2D eigenvalue weighted by molar-refractivity contribution is -0.137. The second-order valence-corrected chi connectivity index (χ2v) is 7.37. The summed E-state index contributed by atoms with van der Waals surface area (Å²) in [5, 5.41) is 6.99. The fourth-order valence-corrected chi connectivity index (χ4v) is 3.61. The third-order valence-electron chi connectivity index (χ3n) is 5.17. The first-order chi connectivity index (χ1) is 14.6. The van der Waals surface area contributed by atoms with Crippen molar-refractivity contribution in [1.82, 2.24) is 24.6 Å². The van der Waals surface area contributed by atoms with Gasteiger partial charge in [0.15, 0.2) is 0 Å². The number of piperazine rings is 1. The van der Waals surface area contributed by atoms with Gasteiger partial charge < -0.3 is 15.1 Å². The molecular formula is C22H24N6O2. The highest BCUT2D eigenvalue weighted by Crippen LogP contribution is 2.25. The van der Waals surface area contributed by atoms with Gasteiger partial charge in [0, 0.05) is 32.0 Å². The van der Waals surface area contributed by atoms with Crippen molar-refractivity contribution in [1.29, 1.82) is 0 Å². The molecule has 30 heavy (non-hydrogen) atoms. The van der Waals surface area contributed by atoms with E-state index in [9.17, 15) is 9.59 Å². The number of rotatable bonds is 5. The van der Waals surface area contributed by atoms with Gasteiger partial charge in [0.2, 0.25) is 5.91 Å². The summed E-state index contributed by atoms with van der Waals surface area (Å²) in [5.41, 5.74) is 1.97. The fraction of sp³-hybridized carbons (Fsp3) is 0.273. The predicted molar refractivity (Wildman–Crippen MR) is 113 cm³/mol. The zero-order chi connectivity index (χ0) is 20.9. The van der Waals surface area contributed by atoms with Crippen molar-refractivity contribution in [3.05, 3.63) is 78.4 Å². The normalized spacial score (nSPS) is 17.0. The van der Waals surface area contributed by atoms with E-state index in [2.05, 4.69) is 39.5 Å². The van der Waals surface area contributed by atoms with E-state index in [1.807, 2.05) is 23.1 Å².